The van der Waals surface area contributed by atoms with Gasteiger partial charge in [-0.3, -0.25) is 4.79 Å². The Kier molecular flexibility index (Phi) is 4.59. The number of nitrogens with one attached hydrogen (secondary N) is 1. The van der Waals surface area contributed by atoms with Gasteiger partial charge in [0.05, 0.1) is 12.0 Å². The summed E-state index contributed by atoms with van der Waals surface area (Å²) in [6.07, 6.45) is 5.31. The van der Waals surface area contributed by atoms with Gasteiger partial charge in [0, 0.05) is 6.54 Å². The summed E-state index contributed by atoms with van der Waals surface area (Å²) in [4.78, 5) is 11.9. The summed E-state index contributed by atoms with van der Waals surface area (Å²) in [5.74, 6) is -0.00621. The van der Waals surface area contributed by atoms with Crippen molar-refractivity contribution in [3.05, 3.63) is 35.4 Å². The maximum Gasteiger partial charge on any atom is 0.224 e. The highest BCUT2D eigenvalue weighted by molar-refractivity contribution is 5.78. The van der Waals surface area contributed by atoms with E-state index in [-0.39, 0.29) is 5.91 Å². The Morgan fingerprint density at radius 2 is 1.95 bits per heavy atom. The summed E-state index contributed by atoms with van der Waals surface area (Å²) in [5, 5.41) is 13.2. The molecular weight excluding hydrogens is 238 g/mol. The highest BCUT2D eigenvalue weighted by Gasteiger charge is 2.29. The first-order chi connectivity index (χ1) is 9.09. The minimum absolute atomic E-state index is 0.00621. The van der Waals surface area contributed by atoms with Crippen LogP contribution in [0.4, 0.5) is 0 Å². The molecule has 19 heavy (non-hydrogen) atoms. The minimum atomic E-state index is -0.681. The summed E-state index contributed by atoms with van der Waals surface area (Å²) >= 11 is 0. The van der Waals surface area contributed by atoms with E-state index in [0.29, 0.717) is 13.0 Å². The van der Waals surface area contributed by atoms with Crippen LogP contribution in [-0.4, -0.2) is 23.2 Å². The molecule has 1 aliphatic carbocycles. The number of carbonyl (C=O) groups excluding carboxylic acids is 1. The van der Waals surface area contributed by atoms with E-state index >= 15 is 0 Å². The molecule has 0 atom stereocenters. The number of aliphatic hydroxyl groups is 1. The van der Waals surface area contributed by atoms with Crippen molar-refractivity contribution in [2.45, 2.75) is 51.0 Å². The average molecular weight is 261 g/mol. The van der Waals surface area contributed by atoms with Gasteiger partial charge in [0.1, 0.15) is 0 Å². The van der Waals surface area contributed by atoms with E-state index in [9.17, 15) is 9.90 Å². The zero-order valence-corrected chi connectivity index (χ0v) is 11.6. The van der Waals surface area contributed by atoms with Gasteiger partial charge >= 0.3 is 0 Å². The van der Waals surface area contributed by atoms with Crippen molar-refractivity contribution in [1.29, 1.82) is 0 Å². The van der Waals surface area contributed by atoms with Crippen molar-refractivity contribution in [1.82, 2.24) is 5.32 Å². The molecule has 1 aromatic rings. The van der Waals surface area contributed by atoms with Crippen molar-refractivity contribution in [3.8, 4) is 0 Å². The minimum Gasteiger partial charge on any atom is -0.388 e. The Bertz CT molecular complexity index is 436. The molecular formula is C16H23NO2. The van der Waals surface area contributed by atoms with E-state index in [1.54, 1.807) is 0 Å². The third kappa shape index (κ3) is 4.06. The Balaban J connectivity index is 1.83. The molecule has 0 heterocycles. The molecule has 1 aliphatic rings. The van der Waals surface area contributed by atoms with Crippen molar-refractivity contribution < 1.29 is 9.90 Å². The normalized spacial score (nSPS) is 18.0. The van der Waals surface area contributed by atoms with E-state index in [2.05, 4.69) is 5.32 Å². The maximum atomic E-state index is 11.9. The molecule has 0 saturated heterocycles. The molecule has 0 aliphatic heterocycles. The summed E-state index contributed by atoms with van der Waals surface area (Å²) in [6.45, 7) is 2.40. The number of hydrogen-bond acceptors (Lipinski definition) is 2. The van der Waals surface area contributed by atoms with Crippen LogP contribution in [0.5, 0.6) is 0 Å². The first kappa shape index (κ1) is 14.1. The monoisotopic (exact) mass is 261 g/mol. The predicted molar refractivity (Wildman–Crippen MR) is 75.9 cm³/mol. The lowest BCUT2D eigenvalue weighted by molar-refractivity contribution is -0.122. The summed E-state index contributed by atoms with van der Waals surface area (Å²) < 4.78 is 0. The van der Waals surface area contributed by atoms with Gasteiger partial charge in [0.2, 0.25) is 5.91 Å². The Hall–Kier alpha value is -1.35. The fraction of sp³-hybridized carbons (Fsp3) is 0.562. The predicted octanol–water partition coefficient (Wildman–Crippen LogP) is 2.35. The number of benzene rings is 1. The molecule has 3 nitrogen and oxygen atoms in total. The van der Waals surface area contributed by atoms with E-state index in [1.165, 1.54) is 6.42 Å². The molecule has 0 aromatic heterocycles. The van der Waals surface area contributed by atoms with E-state index in [0.717, 1.165) is 36.8 Å². The van der Waals surface area contributed by atoms with Gasteiger partial charge in [-0.05, 0) is 30.9 Å². The van der Waals surface area contributed by atoms with Gasteiger partial charge in [-0.25, -0.2) is 0 Å². The average Bonchev–Trinajstić information content (AvgIpc) is 2.40. The summed E-state index contributed by atoms with van der Waals surface area (Å²) in [7, 11) is 0. The maximum absolute atomic E-state index is 11.9. The molecule has 104 valence electrons. The summed E-state index contributed by atoms with van der Waals surface area (Å²) in [6, 6.07) is 7.91. The standard InChI is InChI=1S/C16H23NO2/c1-13-7-3-4-8-14(13)11-15(18)17-12-16(19)9-5-2-6-10-16/h3-4,7-8,19H,2,5-6,9-12H2,1H3,(H,17,18). The number of rotatable bonds is 4. The van der Waals surface area contributed by atoms with Gasteiger partial charge in [-0.2, -0.15) is 0 Å². The quantitative estimate of drug-likeness (QED) is 0.874. The molecule has 0 radical (unpaired) electrons. The molecule has 1 aromatic carbocycles. The second kappa shape index (κ2) is 6.20. The van der Waals surface area contributed by atoms with Crippen LogP contribution in [0.1, 0.15) is 43.2 Å². The Morgan fingerprint density at radius 1 is 1.26 bits per heavy atom. The van der Waals surface area contributed by atoms with Gasteiger partial charge in [-0.15, -0.1) is 0 Å². The smallest absolute Gasteiger partial charge is 0.224 e. The second-order valence-electron chi connectivity index (χ2n) is 5.66. The van der Waals surface area contributed by atoms with Crippen LogP contribution in [0.25, 0.3) is 0 Å². The van der Waals surface area contributed by atoms with Crippen LogP contribution < -0.4 is 5.32 Å². The SMILES string of the molecule is Cc1ccccc1CC(=O)NCC1(O)CCCCC1. The number of aryl methyl sites for hydroxylation is 1. The highest BCUT2D eigenvalue weighted by Crippen LogP contribution is 2.27. The number of amides is 1. The first-order valence-electron chi connectivity index (χ1n) is 7.13. The molecule has 1 fully saturated rings. The topological polar surface area (TPSA) is 49.3 Å². The van der Waals surface area contributed by atoms with Crippen molar-refractivity contribution in [2.75, 3.05) is 6.54 Å². The van der Waals surface area contributed by atoms with Gasteiger partial charge in [0.15, 0.2) is 0 Å². The van der Waals surface area contributed by atoms with Crippen LogP contribution in [0.3, 0.4) is 0 Å². The zero-order chi connectivity index (χ0) is 13.7. The highest BCUT2D eigenvalue weighted by atomic mass is 16.3. The largest absolute Gasteiger partial charge is 0.388 e. The Labute approximate surface area is 115 Å². The van der Waals surface area contributed by atoms with Gasteiger partial charge in [-0.1, -0.05) is 43.5 Å². The fourth-order valence-electron chi connectivity index (χ4n) is 2.69. The van der Waals surface area contributed by atoms with E-state index in [4.69, 9.17) is 0 Å². The Morgan fingerprint density at radius 3 is 2.63 bits per heavy atom. The molecule has 0 bridgehead atoms. The van der Waals surface area contributed by atoms with Gasteiger partial charge < -0.3 is 10.4 Å². The molecule has 0 unspecified atom stereocenters. The third-order valence-corrected chi connectivity index (χ3v) is 4.01. The van der Waals surface area contributed by atoms with E-state index < -0.39 is 5.60 Å². The number of carbonyl (C=O) groups is 1. The molecule has 2 N–H and O–H groups in total. The van der Waals surface area contributed by atoms with Gasteiger partial charge in [0.25, 0.3) is 0 Å². The third-order valence-electron chi connectivity index (χ3n) is 4.01. The fourth-order valence-corrected chi connectivity index (χ4v) is 2.69. The van der Waals surface area contributed by atoms with Crippen LogP contribution in [-0.2, 0) is 11.2 Å². The van der Waals surface area contributed by atoms with Crippen LogP contribution in [0.2, 0.25) is 0 Å². The van der Waals surface area contributed by atoms with Crippen LogP contribution in [0.15, 0.2) is 24.3 Å². The lowest BCUT2D eigenvalue weighted by atomic mass is 9.85. The van der Waals surface area contributed by atoms with Crippen LogP contribution in [0, 0.1) is 6.92 Å². The second-order valence-corrected chi connectivity index (χ2v) is 5.66. The van der Waals surface area contributed by atoms with E-state index in [1.807, 2.05) is 31.2 Å². The van der Waals surface area contributed by atoms with Crippen LogP contribution >= 0.6 is 0 Å². The lowest BCUT2D eigenvalue weighted by Gasteiger charge is -2.32. The molecule has 0 spiro atoms. The molecule has 2 rings (SSSR count). The van der Waals surface area contributed by atoms with Crippen molar-refractivity contribution in [3.63, 3.8) is 0 Å². The zero-order valence-electron chi connectivity index (χ0n) is 11.6. The molecule has 1 amide bonds. The summed E-state index contributed by atoms with van der Waals surface area (Å²) in [5.41, 5.74) is 1.50. The van der Waals surface area contributed by atoms with Crippen molar-refractivity contribution >= 4 is 5.91 Å². The molecule has 3 heteroatoms. The first-order valence-corrected chi connectivity index (χ1v) is 7.13. The molecule has 1 saturated carbocycles. The lowest BCUT2D eigenvalue weighted by Crippen LogP contribution is -2.44. The van der Waals surface area contributed by atoms with Crippen molar-refractivity contribution in [2.24, 2.45) is 0 Å². The number of hydrogen-bond donors (Lipinski definition) is 2.